The Morgan fingerprint density at radius 2 is 1.96 bits per heavy atom. The van der Waals surface area contributed by atoms with E-state index in [1.54, 1.807) is 37.5 Å². The maximum absolute atomic E-state index is 12.8. The Morgan fingerprint density at radius 1 is 1.29 bits per heavy atom. The van der Waals surface area contributed by atoms with Gasteiger partial charge in [0.2, 0.25) is 0 Å². The predicted octanol–water partition coefficient (Wildman–Crippen LogP) is 5.42. The fraction of sp³-hybridized carbons (Fsp3) is 0.0556. The summed E-state index contributed by atoms with van der Waals surface area (Å²) in [6.07, 6.45) is 1.67. The molecule has 0 spiro atoms. The zero-order valence-electron chi connectivity index (χ0n) is 14.2. The highest BCUT2D eigenvalue weighted by Gasteiger charge is 2.34. The fourth-order valence-electron chi connectivity index (χ4n) is 2.38. The summed E-state index contributed by atoms with van der Waals surface area (Å²) in [6.45, 7) is 0. The zero-order chi connectivity index (χ0) is 20.4. The molecule has 0 aliphatic carbocycles. The molecule has 0 atom stereocenters. The predicted molar refractivity (Wildman–Crippen MR) is 122 cm³/mol. The minimum absolute atomic E-state index is 0.228. The van der Waals surface area contributed by atoms with Gasteiger partial charge in [0, 0.05) is 20.6 Å². The van der Waals surface area contributed by atoms with Crippen molar-refractivity contribution in [1.29, 1.82) is 0 Å². The largest absolute Gasteiger partial charge is 0.495 e. The van der Waals surface area contributed by atoms with Crippen molar-refractivity contribution in [1.82, 2.24) is 10.4 Å². The topological polar surface area (TPSA) is 58.6 Å². The van der Waals surface area contributed by atoms with Gasteiger partial charge in [0.05, 0.1) is 16.5 Å². The monoisotopic (exact) mass is 560 g/mol. The van der Waals surface area contributed by atoms with Crippen molar-refractivity contribution in [3.63, 3.8) is 0 Å². The van der Waals surface area contributed by atoms with E-state index in [1.165, 1.54) is 0 Å². The minimum atomic E-state index is -0.461. The second kappa shape index (κ2) is 8.96. The first-order valence-corrected chi connectivity index (χ1v) is 10.9. The number of thioether (sulfide) groups is 1. The van der Waals surface area contributed by atoms with Crippen LogP contribution in [0.25, 0.3) is 6.08 Å². The molecule has 1 aliphatic heterocycles. The van der Waals surface area contributed by atoms with Crippen LogP contribution in [0.5, 0.6) is 5.75 Å². The number of ether oxygens (including phenoxy) is 1. The van der Waals surface area contributed by atoms with Gasteiger partial charge >= 0.3 is 0 Å². The number of halogens is 3. The number of amides is 2. The highest BCUT2D eigenvalue weighted by atomic mass is 79.9. The lowest BCUT2D eigenvalue weighted by Crippen LogP contribution is -2.44. The molecule has 144 valence electrons. The molecule has 0 radical (unpaired) electrons. The number of methoxy groups -OCH3 is 1. The number of thiocarbonyl (C=S) groups is 1. The van der Waals surface area contributed by atoms with Gasteiger partial charge in [-0.3, -0.25) is 15.0 Å². The number of carbonyl (C=O) groups is 2. The van der Waals surface area contributed by atoms with Gasteiger partial charge in [0.15, 0.2) is 4.32 Å². The Balaban J connectivity index is 1.85. The van der Waals surface area contributed by atoms with Crippen LogP contribution in [0.2, 0.25) is 5.02 Å². The summed E-state index contributed by atoms with van der Waals surface area (Å²) in [5.74, 6) is -0.300. The van der Waals surface area contributed by atoms with Crippen LogP contribution in [0.15, 0.2) is 50.2 Å². The number of hydrogen-bond donors (Lipinski definition) is 1. The molecule has 0 aromatic heterocycles. The summed E-state index contributed by atoms with van der Waals surface area (Å²) in [6, 6.07) is 9.98. The van der Waals surface area contributed by atoms with Gasteiger partial charge in [0.25, 0.3) is 11.8 Å². The molecule has 0 bridgehead atoms. The quantitative estimate of drug-likeness (QED) is 0.399. The summed E-state index contributed by atoms with van der Waals surface area (Å²) < 4.78 is 7.19. The molecule has 0 saturated carbocycles. The van der Waals surface area contributed by atoms with Gasteiger partial charge in [-0.25, -0.2) is 0 Å². The fourth-order valence-corrected chi connectivity index (χ4v) is 5.09. The molecule has 2 aromatic rings. The van der Waals surface area contributed by atoms with E-state index in [-0.39, 0.29) is 4.32 Å². The summed E-state index contributed by atoms with van der Waals surface area (Å²) in [5.41, 5.74) is 3.58. The first kappa shape index (κ1) is 21.3. The molecule has 0 unspecified atom stereocenters. The number of hydrazine groups is 1. The Hall–Kier alpha value is -1.39. The van der Waals surface area contributed by atoms with Crippen LogP contribution in [0.1, 0.15) is 15.9 Å². The zero-order valence-corrected chi connectivity index (χ0v) is 19.7. The lowest BCUT2D eigenvalue weighted by atomic mass is 10.2. The summed E-state index contributed by atoms with van der Waals surface area (Å²) in [7, 11) is 1.54. The van der Waals surface area contributed by atoms with E-state index in [2.05, 4.69) is 37.3 Å². The molecule has 5 nitrogen and oxygen atoms in total. The third-order valence-corrected chi connectivity index (χ3v) is 6.24. The van der Waals surface area contributed by atoms with Gasteiger partial charge in [-0.1, -0.05) is 39.3 Å². The minimum Gasteiger partial charge on any atom is -0.495 e. The van der Waals surface area contributed by atoms with Crippen LogP contribution in [-0.4, -0.2) is 28.3 Å². The van der Waals surface area contributed by atoms with Gasteiger partial charge < -0.3 is 4.74 Å². The Bertz CT molecular complexity index is 1010. The van der Waals surface area contributed by atoms with Gasteiger partial charge in [0.1, 0.15) is 5.75 Å². The van der Waals surface area contributed by atoms with E-state index >= 15 is 0 Å². The van der Waals surface area contributed by atoms with Gasteiger partial charge in [-0.05, 0) is 70.6 Å². The van der Waals surface area contributed by atoms with Crippen molar-refractivity contribution >= 4 is 89.7 Å². The number of rotatable bonds is 4. The van der Waals surface area contributed by atoms with Crippen molar-refractivity contribution in [3.8, 4) is 5.75 Å². The maximum Gasteiger partial charge on any atom is 0.285 e. The van der Waals surface area contributed by atoms with Crippen molar-refractivity contribution in [2.45, 2.75) is 0 Å². The highest BCUT2D eigenvalue weighted by molar-refractivity contribution is 9.11. The van der Waals surface area contributed by atoms with Crippen LogP contribution >= 0.6 is 67.4 Å². The molecule has 2 aromatic carbocycles. The summed E-state index contributed by atoms with van der Waals surface area (Å²) in [4.78, 5) is 25.5. The Labute approximate surface area is 192 Å². The van der Waals surface area contributed by atoms with Crippen LogP contribution in [0.3, 0.4) is 0 Å². The van der Waals surface area contributed by atoms with Gasteiger partial charge in [-0.15, -0.1) is 0 Å². The van der Waals surface area contributed by atoms with Crippen LogP contribution in [0, 0.1) is 0 Å². The number of nitrogens with zero attached hydrogens (tertiary/aromatic N) is 1. The molecule has 3 rings (SSSR count). The highest BCUT2D eigenvalue weighted by Crippen LogP contribution is 2.37. The average molecular weight is 563 g/mol. The molecule has 2 amide bonds. The van der Waals surface area contributed by atoms with E-state index in [0.717, 1.165) is 25.7 Å². The van der Waals surface area contributed by atoms with Crippen molar-refractivity contribution in [2.24, 2.45) is 0 Å². The number of benzene rings is 2. The summed E-state index contributed by atoms with van der Waals surface area (Å²) in [5, 5.41) is 1.57. The van der Waals surface area contributed by atoms with E-state index in [4.69, 9.17) is 28.6 Å². The first-order chi connectivity index (χ1) is 13.3. The number of carbonyl (C=O) groups excluding carboxylic acids is 2. The Morgan fingerprint density at radius 3 is 2.61 bits per heavy atom. The molecular formula is C18H11Br2ClN2O3S2. The Kier molecular flexibility index (Phi) is 6.82. The molecule has 1 fully saturated rings. The number of nitrogens with one attached hydrogen (secondary N) is 1. The van der Waals surface area contributed by atoms with Crippen LogP contribution < -0.4 is 10.2 Å². The SMILES string of the molecule is COc1c(Br)cc(Br)cc1/C=C1/SC(=S)N(NC(=O)c2ccc(Cl)cc2)C1=O. The van der Waals surface area contributed by atoms with E-state index in [1.807, 2.05) is 12.1 Å². The third-order valence-electron chi connectivity index (χ3n) is 3.64. The maximum atomic E-state index is 12.8. The van der Waals surface area contributed by atoms with E-state index in [9.17, 15) is 9.59 Å². The van der Waals surface area contributed by atoms with Crippen LogP contribution in [-0.2, 0) is 4.79 Å². The van der Waals surface area contributed by atoms with Crippen molar-refractivity contribution < 1.29 is 14.3 Å². The smallest absolute Gasteiger partial charge is 0.285 e. The third kappa shape index (κ3) is 4.60. The molecule has 1 aliphatic rings. The molecule has 10 heteroatoms. The lowest BCUT2D eigenvalue weighted by Gasteiger charge is -2.15. The molecule has 28 heavy (non-hydrogen) atoms. The standard InChI is InChI=1S/C18H11Br2ClN2O3S2/c1-26-15-10(6-11(19)8-13(15)20)7-14-17(25)23(18(27)28-14)22-16(24)9-2-4-12(21)5-3-9/h2-8H,1H3,(H,22,24)/b14-7+. The molecule has 1 heterocycles. The summed E-state index contributed by atoms with van der Waals surface area (Å²) >= 11 is 19.0. The average Bonchev–Trinajstić information content (AvgIpc) is 2.89. The van der Waals surface area contributed by atoms with Crippen LogP contribution in [0.4, 0.5) is 0 Å². The van der Waals surface area contributed by atoms with Crippen molar-refractivity contribution in [2.75, 3.05) is 7.11 Å². The normalized spacial score (nSPS) is 15.3. The molecular weight excluding hydrogens is 552 g/mol. The molecule has 1 saturated heterocycles. The lowest BCUT2D eigenvalue weighted by molar-refractivity contribution is -0.123. The van der Waals surface area contributed by atoms with Gasteiger partial charge in [-0.2, -0.15) is 5.01 Å². The van der Waals surface area contributed by atoms with Crippen molar-refractivity contribution in [3.05, 3.63) is 66.4 Å². The van der Waals surface area contributed by atoms with E-state index < -0.39 is 11.8 Å². The first-order valence-electron chi connectivity index (χ1n) is 7.67. The second-order valence-corrected chi connectivity index (χ2v) is 9.36. The molecule has 1 N–H and O–H groups in total. The number of hydrogen-bond acceptors (Lipinski definition) is 5. The second-order valence-electron chi connectivity index (χ2n) is 5.48. The van der Waals surface area contributed by atoms with E-state index in [0.29, 0.717) is 26.8 Å².